The average Bonchev–Trinajstić information content (AvgIpc) is 3.09. The number of hydrogen-bond acceptors (Lipinski definition) is 6. The first-order valence-corrected chi connectivity index (χ1v) is 9.39. The molecule has 27 heavy (non-hydrogen) atoms. The van der Waals surface area contributed by atoms with Crippen LogP contribution >= 0.6 is 0 Å². The summed E-state index contributed by atoms with van der Waals surface area (Å²) in [4.78, 5) is 0. The number of para-hydroxylation sites is 1. The van der Waals surface area contributed by atoms with E-state index < -0.39 is 15.7 Å². The molecule has 0 bridgehead atoms. The topological polar surface area (TPSA) is 82.3 Å². The monoisotopic (exact) mass is 384 g/mol. The van der Waals surface area contributed by atoms with Crippen molar-refractivity contribution in [3.63, 3.8) is 0 Å². The molecule has 0 spiro atoms. The van der Waals surface area contributed by atoms with Crippen molar-refractivity contribution in [2.45, 2.75) is 10.1 Å². The van der Waals surface area contributed by atoms with E-state index in [1.807, 2.05) is 0 Å². The Morgan fingerprint density at radius 3 is 2.37 bits per heavy atom. The van der Waals surface area contributed by atoms with Gasteiger partial charge in [0.25, 0.3) is 9.84 Å². The second-order valence-corrected chi connectivity index (χ2v) is 7.48. The van der Waals surface area contributed by atoms with Gasteiger partial charge in [-0.15, -0.1) is 10.2 Å². The Kier molecular flexibility index (Phi) is 4.12. The molecule has 0 atom stereocenters. The predicted octanol–water partition coefficient (Wildman–Crippen LogP) is 3.87. The third-order valence-electron chi connectivity index (χ3n) is 4.04. The van der Waals surface area contributed by atoms with Gasteiger partial charge in [0.1, 0.15) is 11.4 Å². The van der Waals surface area contributed by atoms with Crippen molar-refractivity contribution in [3.8, 4) is 17.0 Å². The lowest BCUT2D eigenvalue weighted by molar-refractivity contribution is 0.389. The predicted molar refractivity (Wildman–Crippen MR) is 95.6 cm³/mol. The summed E-state index contributed by atoms with van der Waals surface area (Å²) in [6, 6.07) is 15.2. The highest BCUT2D eigenvalue weighted by atomic mass is 32.2. The molecule has 4 rings (SSSR count). The molecular weight excluding hydrogens is 371 g/mol. The normalized spacial score (nSPS) is 11.6. The lowest BCUT2D eigenvalue weighted by Gasteiger charge is -2.05. The van der Waals surface area contributed by atoms with Crippen LogP contribution in [0.25, 0.3) is 22.1 Å². The van der Waals surface area contributed by atoms with Crippen LogP contribution in [0.1, 0.15) is 0 Å². The van der Waals surface area contributed by atoms with Gasteiger partial charge in [-0.05, 0) is 29.8 Å². The van der Waals surface area contributed by atoms with Crippen molar-refractivity contribution in [2.24, 2.45) is 0 Å². The van der Waals surface area contributed by atoms with Crippen LogP contribution in [0.4, 0.5) is 4.39 Å². The lowest BCUT2D eigenvalue weighted by atomic mass is 10.0. The number of methoxy groups -OCH3 is 1. The molecule has 0 saturated heterocycles. The van der Waals surface area contributed by atoms with E-state index >= 15 is 0 Å². The molecule has 2 aromatic heterocycles. The quantitative estimate of drug-likeness (QED) is 0.531. The summed E-state index contributed by atoms with van der Waals surface area (Å²) in [5.74, 6) is -0.228. The van der Waals surface area contributed by atoms with Crippen molar-refractivity contribution in [3.05, 3.63) is 66.5 Å². The Balaban J connectivity index is 1.98. The van der Waals surface area contributed by atoms with Gasteiger partial charge < -0.3 is 9.15 Å². The molecule has 0 aliphatic heterocycles. The number of rotatable bonds is 4. The Morgan fingerprint density at radius 2 is 1.70 bits per heavy atom. The second-order valence-electron chi connectivity index (χ2n) is 5.68. The maximum Gasteiger partial charge on any atom is 0.259 e. The number of hydrogen-bond donors (Lipinski definition) is 0. The minimum absolute atomic E-state index is 0.192. The van der Waals surface area contributed by atoms with Gasteiger partial charge in [-0.3, -0.25) is 0 Å². The highest BCUT2D eigenvalue weighted by Crippen LogP contribution is 2.39. The number of furan rings is 1. The number of halogens is 1. The van der Waals surface area contributed by atoms with E-state index in [4.69, 9.17) is 9.15 Å². The van der Waals surface area contributed by atoms with E-state index in [-0.39, 0.29) is 16.0 Å². The first kappa shape index (κ1) is 17.2. The minimum Gasteiger partial charge on any atom is -0.480 e. The second kappa shape index (κ2) is 6.48. The van der Waals surface area contributed by atoms with Gasteiger partial charge in [0.05, 0.1) is 7.11 Å². The van der Waals surface area contributed by atoms with Crippen LogP contribution in [0.5, 0.6) is 5.88 Å². The van der Waals surface area contributed by atoms with Crippen LogP contribution < -0.4 is 4.74 Å². The largest absolute Gasteiger partial charge is 0.480 e. The Hall–Kier alpha value is -3.26. The van der Waals surface area contributed by atoms with Crippen molar-refractivity contribution in [1.82, 2.24) is 10.2 Å². The van der Waals surface area contributed by atoms with Gasteiger partial charge in [0, 0.05) is 17.0 Å². The van der Waals surface area contributed by atoms with Crippen LogP contribution in [-0.2, 0) is 9.84 Å². The molecule has 0 radical (unpaired) electrons. The van der Waals surface area contributed by atoms with Crippen LogP contribution in [0.2, 0.25) is 0 Å². The number of fused-ring (bicyclic) bond motifs is 1. The number of ether oxygens (including phenoxy) is 1. The molecule has 4 aromatic rings. The number of sulfone groups is 1. The molecule has 6 nitrogen and oxygen atoms in total. The van der Waals surface area contributed by atoms with E-state index in [2.05, 4.69) is 10.2 Å². The number of benzene rings is 2. The summed E-state index contributed by atoms with van der Waals surface area (Å²) < 4.78 is 50.2. The van der Waals surface area contributed by atoms with Gasteiger partial charge in [-0.25, -0.2) is 12.8 Å². The van der Waals surface area contributed by atoms with Gasteiger partial charge in [-0.1, -0.05) is 30.3 Å². The van der Waals surface area contributed by atoms with Crippen molar-refractivity contribution in [1.29, 1.82) is 0 Å². The fourth-order valence-electron chi connectivity index (χ4n) is 2.76. The number of nitrogens with zero attached hydrogens (tertiary/aromatic N) is 2. The molecule has 0 saturated carbocycles. The van der Waals surface area contributed by atoms with Gasteiger partial charge in [-0.2, -0.15) is 0 Å². The molecule has 0 unspecified atom stereocenters. The summed E-state index contributed by atoms with van der Waals surface area (Å²) >= 11 is 0. The zero-order chi connectivity index (χ0) is 19.0. The van der Waals surface area contributed by atoms with Crippen LogP contribution in [0.15, 0.2) is 75.2 Å². The highest BCUT2D eigenvalue weighted by Gasteiger charge is 2.30. The van der Waals surface area contributed by atoms with E-state index in [1.54, 1.807) is 24.3 Å². The minimum atomic E-state index is -4.10. The Morgan fingerprint density at radius 1 is 0.963 bits per heavy atom. The highest BCUT2D eigenvalue weighted by molar-refractivity contribution is 7.91. The van der Waals surface area contributed by atoms with Crippen LogP contribution in [-0.4, -0.2) is 25.7 Å². The molecule has 2 heterocycles. The van der Waals surface area contributed by atoms with Gasteiger partial charge in [0.2, 0.25) is 11.0 Å². The van der Waals surface area contributed by atoms with Gasteiger partial charge in [0.15, 0.2) is 5.03 Å². The lowest BCUT2D eigenvalue weighted by Crippen LogP contribution is -2.06. The molecule has 0 aliphatic carbocycles. The summed E-state index contributed by atoms with van der Waals surface area (Å²) in [5.41, 5.74) is 1.27. The maximum atomic E-state index is 13.3. The Bertz CT molecular complexity index is 1220. The van der Waals surface area contributed by atoms with Crippen molar-refractivity contribution < 1.29 is 22.0 Å². The fourth-order valence-corrected chi connectivity index (χ4v) is 4.04. The summed E-state index contributed by atoms with van der Waals surface area (Å²) in [6.45, 7) is 0. The molecular formula is C19H13FN2O4S. The SMILES string of the molecule is COc1ccc(S(=O)(=O)c2oc3ccccc3c2-c2ccc(F)cc2)nn1. The first-order valence-electron chi connectivity index (χ1n) is 7.91. The smallest absolute Gasteiger partial charge is 0.259 e. The van der Waals surface area contributed by atoms with E-state index in [9.17, 15) is 12.8 Å². The zero-order valence-electron chi connectivity index (χ0n) is 14.1. The van der Waals surface area contributed by atoms with Crippen LogP contribution in [0.3, 0.4) is 0 Å². The average molecular weight is 384 g/mol. The molecule has 8 heteroatoms. The molecule has 0 N–H and O–H groups in total. The van der Waals surface area contributed by atoms with E-state index in [0.29, 0.717) is 22.1 Å². The first-order chi connectivity index (χ1) is 13.0. The molecule has 0 fully saturated rings. The third kappa shape index (κ3) is 2.93. The zero-order valence-corrected chi connectivity index (χ0v) is 14.9. The fraction of sp³-hybridized carbons (Fsp3) is 0.0526. The van der Waals surface area contributed by atoms with Crippen molar-refractivity contribution in [2.75, 3.05) is 7.11 Å². The Labute approximate surface area is 154 Å². The summed E-state index contributed by atoms with van der Waals surface area (Å²) in [5, 5.41) is 7.51. The maximum absolute atomic E-state index is 13.3. The summed E-state index contributed by atoms with van der Waals surface area (Å²) in [7, 11) is -2.70. The van der Waals surface area contributed by atoms with Crippen molar-refractivity contribution >= 4 is 20.8 Å². The molecule has 2 aromatic carbocycles. The number of aromatic nitrogens is 2. The summed E-state index contributed by atoms with van der Waals surface area (Å²) in [6.07, 6.45) is 0. The molecule has 136 valence electrons. The van der Waals surface area contributed by atoms with Crippen LogP contribution in [0, 0.1) is 5.82 Å². The molecule has 0 amide bonds. The molecule has 0 aliphatic rings. The van der Waals surface area contributed by atoms with E-state index in [0.717, 1.165) is 0 Å². The standard InChI is InChI=1S/C19H13FN2O4S/c1-25-16-10-11-17(22-21-16)27(23,24)19-18(12-6-8-13(20)9-7-12)14-4-2-3-5-15(14)26-19/h2-11H,1H3. The van der Waals surface area contributed by atoms with Gasteiger partial charge >= 0.3 is 0 Å². The third-order valence-corrected chi connectivity index (χ3v) is 5.58. The van der Waals surface area contributed by atoms with E-state index in [1.165, 1.54) is 43.5 Å².